The van der Waals surface area contributed by atoms with Gasteiger partial charge in [0.1, 0.15) is 10.9 Å². The maximum Gasteiger partial charge on any atom is 0.258 e. The molecule has 0 aromatic carbocycles. The lowest BCUT2D eigenvalue weighted by atomic mass is 10.2. The first-order chi connectivity index (χ1) is 9.51. The average molecular weight is 297 g/mol. The summed E-state index contributed by atoms with van der Waals surface area (Å²) in [5.74, 6) is 0.657. The van der Waals surface area contributed by atoms with Crippen molar-refractivity contribution in [1.82, 2.24) is 14.9 Å². The molecule has 0 bridgehead atoms. The number of unbranched alkanes of at least 4 members (excludes halogenated alkanes) is 2. The van der Waals surface area contributed by atoms with Crippen molar-refractivity contribution in [3.8, 4) is 0 Å². The molecular weight excluding hydrogens is 274 g/mol. The van der Waals surface area contributed by atoms with Crippen LogP contribution in [-0.2, 0) is 0 Å². The summed E-state index contributed by atoms with van der Waals surface area (Å²) in [6.07, 6.45) is 4.51. The number of thioether (sulfide) groups is 1. The molecule has 6 heteroatoms. The Hall–Kier alpha value is -1.14. The summed E-state index contributed by atoms with van der Waals surface area (Å²) in [5, 5.41) is 9.49. The molecule has 0 atom stereocenters. The molecular formula is C14H23N3O2S. The number of aliphatic hydroxyl groups is 1. The highest BCUT2D eigenvalue weighted by Crippen LogP contribution is 2.21. The van der Waals surface area contributed by atoms with Gasteiger partial charge in [-0.1, -0.05) is 0 Å². The van der Waals surface area contributed by atoms with E-state index >= 15 is 0 Å². The monoisotopic (exact) mass is 297 g/mol. The van der Waals surface area contributed by atoms with Gasteiger partial charge in [-0.2, -0.15) is 0 Å². The first-order valence-corrected chi connectivity index (χ1v) is 7.99. The minimum absolute atomic E-state index is 0.0316. The molecule has 0 saturated carbocycles. The standard InChI is InChI=1S/C14H23N3O2S/c1-10-12(13(20-4)16-11(2)15-10)14(19)17(3)8-6-5-7-9-18/h18H,5-9H2,1-4H3. The van der Waals surface area contributed by atoms with E-state index in [2.05, 4.69) is 9.97 Å². The van der Waals surface area contributed by atoms with E-state index in [0.717, 1.165) is 30.0 Å². The number of aryl methyl sites for hydroxylation is 2. The number of hydrogen-bond acceptors (Lipinski definition) is 5. The number of carbonyl (C=O) groups excluding carboxylic acids is 1. The van der Waals surface area contributed by atoms with Crippen molar-refractivity contribution in [2.45, 2.75) is 38.1 Å². The summed E-state index contributed by atoms with van der Waals surface area (Å²) >= 11 is 1.47. The Bertz CT molecular complexity index is 466. The number of amides is 1. The molecule has 1 amide bonds. The van der Waals surface area contributed by atoms with Crippen LogP contribution in [0.1, 0.15) is 41.1 Å². The van der Waals surface area contributed by atoms with Crippen LogP contribution in [0.4, 0.5) is 0 Å². The molecule has 0 spiro atoms. The van der Waals surface area contributed by atoms with Crippen molar-refractivity contribution >= 4 is 17.7 Å². The fourth-order valence-electron chi connectivity index (χ4n) is 2.01. The van der Waals surface area contributed by atoms with Crippen LogP contribution in [-0.4, -0.2) is 52.3 Å². The lowest BCUT2D eigenvalue weighted by molar-refractivity contribution is 0.0786. The van der Waals surface area contributed by atoms with Crippen LogP contribution < -0.4 is 0 Å². The van der Waals surface area contributed by atoms with Gasteiger partial charge in [-0.05, 0) is 39.4 Å². The highest BCUT2D eigenvalue weighted by atomic mass is 32.2. The number of rotatable bonds is 7. The van der Waals surface area contributed by atoms with Crippen LogP contribution >= 0.6 is 11.8 Å². The van der Waals surface area contributed by atoms with Crippen molar-refractivity contribution in [3.05, 3.63) is 17.1 Å². The summed E-state index contributed by atoms with van der Waals surface area (Å²) in [4.78, 5) is 22.8. The average Bonchev–Trinajstić information content (AvgIpc) is 2.41. The number of nitrogens with zero attached hydrogens (tertiary/aromatic N) is 3. The minimum Gasteiger partial charge on any atom is -0.396 e. The Kier molecular flexibility index (Phi) is 6.95. The van der Waals surface area contributed by atoms with Crippen molar-refractivity contribution in [1.29, 1.82) is 0 Å². The third-order valence-electron chi connectivity index (χ3n) is 3.07. The van der Waals surface area contributed by atoms with Crippen LogP contribution in [0.3, 0.4) is 0 Å². The highest BCUT2D eigenvalue weighted by Gasteiger charge is 2.20. The van der Waals surface area contributed by atoms with Gasteiger partial charge in [0, 0.05) is 20.2 Å². The number of aliphatic hydroxyl groups excluding tert-OH is 1. The van der Waals surface area contributed by atoms with E-state index in [4.69, 9.17) is 5.11 Å². The Morgan fingerprint density at radius 2 is 1.95 bits per heavy atom. The molecule has 1 aromatic rings. The second-order valence-corrected chi connectivity index (χ2v) is 5.55. The van der Waals surface area contributed by atoms with Crippen molar-refractivity contribution in [2.24, 2.45) is 0 Å². The zero-order chi connectivity index (χ0) is 15.1. The first-order valence-electron chi connectivity index (χ1n) is 6.76. The fourth-order valence-corrected chi connectivity index (χ4v) is 2.67. The third-order valence-corrected chi connectivity index (χ3v) is 3.76. The Morgan fingerprint density at radius 1 is 1.25 bits per heavy atom. The molecule has 0 fully saturated rings. The van der Waals surface area contributed by atoms with Gasteiger partial charge in [-0.15, -0.1) is 11.8 Å². The molecule has 112 valence electrons. The topological polar surface area (TPSA) is 66.3 Å². The van der Waals surface area contributed by atoms with Gasteiger partial charge < -0.3 is 10.0 Å². The van der Waals surface area contributed by atoms with Crippen LogP contribution in [0.15, 0.2) is 5.03 Å². The molecule has 5 nitrogen and oxygen atoms in total. The summed E-state index contributed by atoms with van der Waals surface area (Å²) in [5.41, 5.74) is 1.34. The second-order valence-electron chi connectivity index (χ2n) is 4.75. The first kappa shape index (κ1) is 16.9. The summed E-state index contributed by atoms with van der Waals surface area (Å²) < 4.78 is 0. The van der Waals surface area contributed by atoms with Gasteiger partial charge >= 0.3 is 0 Å². The maximum absolute atomic E-state index is 12.5. The zero-order valence-corrected chi connectivity index (χ0v) is 13.5. The highest BCUT2D eigenvalue weighted by molar-refractivity contribution is 7.98. The second kappa shape index (κ2) is 8.21. The smallest absolute Gasteiger partial charge is 0.258 e. The lowest BCUT2D eigenvalue weighted by Crippen LogP contribution is -2.29. The predicted molar refractivity (Wildman–Crippen MR) is 81.2 cm³/mol. The van der Waals surface area contributed by atoms with Gasteiger partial charge in [0.15, 0.2) is 0 Å². The van der Waals surface area contributed by atoms with Crippen LogP contribution in [0.5, 0.6) is 0 Å². The molecule has 0 aliphatic carbocycles. The number of aromatic nitrogens is 2. The molecule has 1 rings (SSSR count). The molecule has 20 heavy (non-hydrogen) atoms. The minimum atomic E-state index is -0.0316. The lowest BCUT2D eigenvalue weighted by Gasteiger charge is -2.19. The largest absolute Gasteiger partial charge is 0.396 e. The molecule has 0 saturated heterocycles. The number of hydrogen-bond donors (Lipinski definition) is 1. The van der Waals surface area contributed by atoms with Crippen LogP contribution in [0, 0.1) is 13.8 Å². The molecule has 1 aromatic heterocycles. The molecule has 0 radical (unpaired) electrons. The molecule has 0 aliphatic heterocycles. The normalized spacial score (nSPS) is 10.7. The maximum atomic E-state index is 12.5. The Balaban J connectivity index is 2.81. The Morgan fingerprint density at radius 3 is 2.55 bits per heavy atom. The molecule has 0 aliphatic rings. The number of carbonyl (C=O) groups is 1. The van der Waals surface area contributed by atoms with Gasteiger partial charge in [-0.25, -0.2) is 9.97 Å². The van der Waals surface area contributed by atoms with E-state index in [9.17, 15) is 4.79 Å². The molecule has 1 N–H and O–H groups in total. The summed E-state index contributed by atoms with van der Waals surface area (Å²) in [7, 11) is 1.80. The van der Waals surface area contributed by atoms with Gasteiger partial charge in [-0.3, -0.25) is 4.79 Å². The van der Waals surface area contributed by atoms with E-state index in [0.29, 0.717) is 17.9 Å². The van der Waals surface area contributed by atoms with Crippen molar-refractivity contribution < 1.29 is 9.90 Å². The Labute approximate surface area is 124 Å². The van der Waals surface area contributed by atoms with E-state index in [1.165, 1.54) is 11.8 Å². The van der Waals surface area contributed by atoms with E-state index in [-0.39, 0.29) is 12.5 Å². The van der Waals surface area contributed by atoms with Crippen molar-refractivity contribution in [2.75, 3.05) is 26.5 Å². The van der Waals surface area contributed by atoms with Crippen LogP contribution in [0.25, 0.3) is 0 Å². The zero-order valence-electron chi connectivity index (χ0n) is 12.6. The quantitative estimate of drug-likeness (QED) is 0.474. The van der Waals surface area contributed by atoms with Gasteiger partial charge in [0.2, 0.25) is 0 Å². The predicted octanol–water partition coefficient (Wildman–Crippen LogP) is 2.05. The van der Waals surface area contributed by atoms with E-state index < -0.39 is 0 Å². The van der Waals surface area contributed by atoms with Gasteiger partial charge in [0.25, 0.3) is 5.91 Å². The SMILES string of the molecule is CSc1nc(C)nc(C)c1C(=O)N(C)CCCCCO. The van der Waals surface area contributed by atoms with E-state index in [1.54, 1.807) is 11.9 Å². The van der Waals surface area contributed by atoms with Gasteiger partial charge in [0.05, 0.1) is 11.3 Å². The fraction of sp³-hybridized carbons (Fsp3) is 0.643. The molecule has 0 unspecified atom stereocenters. The molecule has 1 heterocycles. The third kappa shape index (κ3) is 4.45. The summed E-state index contributed by atoms with van der Waals surface area (Å²) in [6.45, 7) is 4.57. The van der Waals surface area contributed by atoms with Crippen molar-refractivity contribution in [3.63, 3.8) is 0 Å². The van der Waals surface area contributed by atoms with Crippen LogP contribution in [0.2, 0.25) is 0 Å². The van der Waals surface area contributed by atoms with E-state index in [1.807, 2.05) is 20.1 Å². The summed E-state index contributed by atoms with van der Waals surface area (Å²) in [6, 6.07) is 0.